The van der Waals surface area contributed by atoms with Crippen LogP contribution in [0.4, 0.5) is 19.1 Å². The number of nitrogens with zero attached hydrogens (tertiary/aromatic N) is 4. The van der Waals surface area contributed by atoms with E-state index in [1.54, 1.807) is 7.05 Å². The lowest BCUT2D eigenvalue weighted by Gasteiger charge is -2.02. The summed E-state index contributed by atoms with van der Waals surface area (Å²) in [5, 5.41) is 8.87. The molecule has 0 bridgehead atoms. The molecule has 0 radical (unpaired) electrons. The summed E-state index contributed by atoms with van der Waals surface area (Å²) in [6.45, 7) is 0. The van der Waals surface area contributed by atoms with Gasteiger partial charge in [-0.25, -0.2) is 9.97 Å². The predicted octanol–water partition coefficient (Wildman–Crippen LogP) is 2.54. The minimum absolute atomic E-state index is 0.290. The van der Waals surface area contributed by atoms with Crippen LogP contribution in [0.15, 0.2) is 12.4 Å². The number of anilines is 1. The third kappa shape index (κ3) is 2.07. The van der Waals surface area contributed by atoms with Crippen LogP contribution in [0.5, 0.6) is 0 Å². The molecular weight excluding hydrogens is 293 g/mol. The van der Waals surface area contributed by atoms with E-state index in [1.165, 1.54) is 6.20 Å². The summed E-state index contributed by atoms with van der Waals surface area (Å²) in [7, 11) is 1.62. The lowest BCUT2D eigenvalue weighted by Crippen LogP contribution is -2.02. The van der Waals surface area contributed by atoms with Crippen LogP contribution < -0.4 is 5.32 Å². The fourth-order valence-electron chi connectivity index (χ4n) is 1.65. The minimum Gasteiger partial charge on any atom is -0.357 e. The topological polar surface area (TPSA) is 79.4 Å². The molecule has 0 aromatic carbocycles. The fourth-order valence-corrected chi connectivity index (χ4v) is 2.44. The van der Waals surface area contributed by atoms with Gasteiger partial charge in [0.2, 0.25) is 5.95 Å². The van der Waals surface area contributed by atoms with E-state index in [2.05, 4.69) is 30.5 Å². The average molecular weight is 300 g/mol. The second-order valence-corrected chi connectivity index (χ2v) is 4.84. The van der Waals surface area contributed by atoms with E-state index in [0.29, 0.717) is 38.9 Å². The van der Waals surface area contributed by atoms with E-state index in [1.807, 2.05) is 0 Å². The summed E-state index contributed by atoms with van der Waals surface area (Å²) in [5.74, 6) is 0.290. The number of rotatable bonds is 2. The minimum atomic E-state index is -4.46. The molecule has 0 aliphatic heterocycles. The highest BCUT2D eigenvalue weighted by atomic mass is 32.1. The maximum absolute atomic E-state index is 12.6. The molecular formula is C10H7F3N6S. The highest BCUT2D eigenvalue weighted by Gasteiger charge is 2.35. The standard InChI is InChI=1S/C10H7F3N6S/c1-14-9-17-6(4-2-16-19-7(4)18-9)5-3-15-8(20-5)10(11,12)13/h2-3H,1H3,(H2,14,16,17,18,19). The van der Waals surface area contributed by atoms with Crippen LogP contribution in [0.3, 0.4) is 0 Å². The molecule has 0 aliphatic carbocycles. The molecule has 0 saturated carbocycles. The lowest BCUT2D eigenvalue weighted by atomic mass is 10.2. The molecule has 0 aliphatic rings. The number of H-pyrrole nitrogens is 1. The number of aromatic amines is 1. The maximum Gasteiger partial charge on any atom is 0.443 e. The molecule has 20 heavy (non-hydrogen) atoms. The van der Waals surface area contributed by atoms with Crippen molar-refractivity contribution in [1.82, 2.24) is 25.1 Å². The molecule has 0 spiro atoms. The first kappa shape index (κ1) is 12.8. The summed E-state index contributed by atoms with van der Waals surface area (Å²) in [5.41, 5.74) is 0.808. The van der Waals surface area contributed by atoms with Crippen LogP contribution in [0, 0.1) is 0 Å². The van der Waals surface area contributed by atoms with E-state index in [0.717, 1.165) is 6.20 Å². The normalized spacial score (nSPS) is 12.0. The monoisotopic (exact) mass is 300 g/mol. The van der Waals surface area contributed by atoms with Gasteiger partial charge in [-0.3, -0.25) is 5.10 Å². The second kappa shape index (κ2) is 4.40. The number of aromatic nitrogens is 5. The molecule has 6 nitrogen and oxygen atoms in total. The highest BCUT2D eigenvalue weighted by molar-refractivity contribution is 7.15. The van der Waals surface area contributed by atoms with E-state index in [-0.39, 0.29) is 0 Å². The molecule has 0 amide bonds. The van der Waals surface area contributed by atoms with Crippen LogP contribution in [0.2, 0.25) is 0 Å². The molecule has 2 N–H and O–H groups in total. The van der Waals surface area contributed by atoms with Crippen molar-refractivity contribution in [3.8, 4) is 10.6 Å². The molecule has 3 rings (SSSR count). The first-order valence-corrected chi connectivity index (χ1v) is 6.23. The van der Waals surface area contributed by atoms with Crippen molar-refractivity contribution >= 4 is 28.3 Å². The molecule has 3 aromatic heterocycles. The van der Waals surface area contributed by atoms with Gasteiger partial charge in [0.15, 0.2) is 10.7 Å². The van der Waals surface area contributed by atoms with Gasteiger partial charge < -0.3 is 5.32 Å². The van der Waals surface area contributed by atoms with Crippen molar-refractivity contribution in [2.75, 3.05) is 12.4 Å². The Bertz CT molecular complexity index is 762. The third-order valence-electron chi connectivity index (χ3n) is 2.51. The van der Waals surface area contributed by atoms with E-state index in [9.17, 15) is 13.2 Å². The van der Waals surface area contributed by atoms with E-state index >= 15 is 0 Å². The number of alkyl halides is 3. The Kier molecular flexibility index (Phi) is 2.82. The molecule has 104 valence electrons. The Morgan fingerprint density at radius 3 is 2.70 bits per heavy atom. The van der Waals surface area contributed by atoms with Gasteiger partial charge in [0.25, 0.3) is 0 Å². The highest BCUT2D eigenvalue weighted by Crippen LogP contribution is 2.37. The molecule has 3 aromatic rings. The molecule has 10 heteroatoms. The fraction of sp³-hybridized carbons (Fsp3) is 0.200. The third-order valence-corrected chi connectivity index (χ3v) is 3.56. The first-order valence-electron chi connectivity index (χ1n) is 5.41. The Morgan fingerprint density at radius 1 is 1.25 bits per heavy atom. The van der Waals surface area contributed by atoms with E-state index < -0.39 is 11.2 Å². The van der Waals surface area contributed by atoms with E-state index in [4.69, 9.17) is 0 Å². The number of fused-ring (bicyclic) bond motifs is 1. The van der Waals surface area contributed by atoms with Crippen molar-refractivity contribution < 1.29 is 13.2 Å². The summed E-state index contributed by atoms with van der Waals surface area (Å²) >= 11 is 0.535. The average Bonchev–Trinajstić information content (AvgIpc) is 3.05. The zero-order chi connectivity index (χ0) is 14.3. The van der Waals surface area contributed by atoms with Crippen molar-refractivity contribution in [3.63, 3.8) is 0 Å². The predicted molar refractivity (Wildman–Crippen MR) is 67.3 cm³/mol. The Hall–Kier alpha value is -2.23. The quantitative estimate of drug-likeness (QED) is 0.760. The lowest BCUT2D eigenvalue weighted by molar-refractivity contribution is -0.137. The number of nitrogens with one attached hydrogen (secondary N) is 2. The van der Waals surface area contributed by atoms with Crippen LogP contribution in [0.1, 0.15) is 5.01 Å². The second-order valence-electron chi connectivity index (χ2n) is 3.81. The van der Waals surface area contributed by atoms with Crippen molar-refractivity contribution in [1.29, 1.82) is 0 Å². The van der Waals surface area contributed by atoms with Crippen molar-refractivity contribution in [2.24, 2.45) is 0 Å². The zero-order valence-electron chi connectivity index (χ0n) is 9.99. The van der Waals surface area contributed by atoms with Crippen LogP contribution in [-0.4, -0.2) is 32.2 Å². The molecule has 0 atom stereocenters. The van der Waals surface area contributed by atoms with Gasteiger partial charge in [0.05, 0.1) is 22.2 Å². The molecule has 0 saturated heterocycles. The number of thiazole rings is 1. The summed E-state index contributed by atoms with van der Waals surface area (Å²) in [4.78, 5) is 12.0. The van der Waals surface area contributed by atoms with Crippen molar-refractivity contribution in [2.45, 2.75) is 6.18 Å². The van der Waals surface area contributed by atoms with Gasteiger partial charge in [-0.15, -0.1) is 11.3 Å². The first-order chi connectivity index (χ1) is 9.49. The van der Waals surface area contributed by atoms with Crippen LogP contribution in [0.25, 0.3) is 21.6 Å². The largest absolute Gasteiger partial charge is 0.443 e. The summed E-state index contributed by atoms with van der Waals surface area (Å²) in [6.07, 6.45) is -1.84. The summed E-state index contributed by atoms with van der Waals surface area (Å²) < 4.78 is 37.8. The Balaban J connectivity index is 2.18. The SMILES string of the molecule is CNc1nc(-c2cnc(C(F)(F)F)s2)c2cn[nH]c2n1. The van der Waals surface area contributed by atoms with Crippen LogP contribution >= 0.6 is 11.3 Å². The van der Waals surface area contributed by atoms with Gasteiger partial charge in [-0.05, 0) is 0 Å². The smallest absolute Gasteiger partial charge is 0.357 e. The Labute approximate surface area is 114 Å². The number of hydrogen-bond donors (Lipinski definition) is 2. The number of hydrogen-bond acceptors (Lipinski definition) is 6. The van der Waals surface area contributed by atoms with Gasteiger partial charge in [-0.2, -0.15) is 23.3 Å². The molecule has 3 heterocycles. The van der Waals surface area contributed by atoms with Gasteiger partial charge in [0, 0.05) is 13.2 Å². The van der Waals surface area contributed by atoms with Crippen molar-refractivity contribution in [3.05, 3.63) is 17.4 Å². The van der Waals surface area contributed by atoms with Crippen LogP contribution in [-0.2, 0) is 6.18 Å². The van der Waals surface area contributed by atoms with Gasteiger partial charge in [-0.1, -0.05) is 0 Å². The summed E-state index contributed by atoms with van der Waals surface area (Å²) in [6, 6.07) is 0. The van der Waals surface area contributed by atoms with Gasteiger partial charge in [0.1, 0.15) is 0 Å². The zero-order valence-corrected chi connectivity index (χ0v) is 10.8. The molecule has 0 unspecified atom stereocenters. The van der Waals surface area contributed by atoms with Gasteiger partial charge >= 0.3 is 6.18 Å². The maximum atomic E-state index is 12.6. The molecule has 0 fully saturated rings. The number of halogens is 3. The Morgan fingerprint density at radius 2 is 2.05 bits per heavy atom.